The Morgan fingerprint density at radius 1 is 1.56 bits per heavy atom. The molecule has 1 amide bonds. The van der Waals surface area contributed by atoms with Gasteiger partial charge in [-0.15, -0.1) is 0 Å². The minimum Gasteiger partial charge on any atom is -0.441 e. The van der Waals surface area contributed by atoms with Crippen molar-refractivity contribution in [1.29, 1.82) is 0 Å². The molecule has 4 nitrogen and oxygen atoms in total. The number of carbonyl (C=O) groups is 1. The first kappa shape index (κ1) is 11.0. The van der Waals surface area contributed by atoms with Crippen LogP contribution in [0, 0.1) is 6.92 Å². The second kappa shape index (κ2) is 4.53. The molecule has 0 unspecified atom stereocenters. The van der Waals surface area contributed by atoms with Crippen molar-refractivity contribution in [2.75, 3.05) is 6.54 Å². The zero-order chi connectivity index (χ0) is 11.5. The summed E-state index contributed by atoms with van der Waals surface area (Å²) in [5, 5.41) is 2.00. The molecule has 0 bridgehead atoms. The molecule has 0 aliphatic rings. The molecule has 0 spiro atoms. The number of aryl methyl sites for hydroxylation is 1. The Kier molecular flexibility index (Phi) is 3.10. The summed E-state index contributed by atoms with van der Waals surface area (Å²) in [4.78, 5) is 14.7. The van der Waals surface area contributed by atoms with Crippen LogP contribution in [0.2, 0.25) is 0 Å². The van der Waals surface area contributed by atoms with Gasteiger partial charge in [0.1, 0.15) is 5.52 Å². The number of nitrogens with zero attached hydrogens (tertiary/aromatic N) is 1. The molecule has 2 aromatic rings. The van der Waals surface area contributed by atoms with Crippen molar-refractivity contribution in [2.24, 2.45) is 0 Å². The highest BCUT2D eigenvalue weighted by molar-refractivity contribution is 6.62. The van der Waals surface area contributed by atoms with Crippen molar-refractivity contribution in [3.63, 3.8) is 0 Å². The fourth-order valence-corrected chi connectivity index (χ4v) is 1.64. The van der Waals surface area contributed by atoms with E-state index in [0.717, 1.165) is 23.1 Å². The first-order valence-electron chi connectivity index (χ1n) is 4.94. The van der Waals surface area contributed by atoms with Crippen LogP contribution in [-0.2, 0) is 6.42 Å². The van der Waals surface area contributed by atoms with E-state index in [1.54, 1.807) is 0 Å². The van der Waals surface area contributed by atoms with Crippen molar-refractivity contribution in [3.05, 3.63) is 29.7 Å². The third-order valence-electron chi connectivity index (χ3n) is 2.24. The first-order valence-corrected chi connectivity index (χ1v) is 5.32. The van der Waals surface area contributed by atoms with Crippen LogP contribution in [0.1, 0.15) is 11.5 Å². The summed E-state index contributed by atoms with van der Waals surface area (Å²) in [6.07, 6.45) is 0.723. The Hall–Kier alpha value is -1.55. The molecule has 5 heteroatoms. The topological polar surface area (TPSA) is 55.1 Å². The molecule has 0 saturated heterocycles. The maximum absolute atomic E-state index is 10.5. The third-order valence-corrected chi connectivity index (χ3v) is 2.37. The monoisotopic (exact) mass is 238 g/mol. The van der Waals surface area contributed by atoms with Gasteiger partial charge in [-0.2, -0.15) is 0 Å². The van der Waals surface area contributed by atoms with Crippen molar-refractivity contribution < 1.29 is 9.21 Å². The molecule has 2 rings (SSSR count). The van der Waals surface area contributed by atoms with E-state index in [2.05, 4.69) is 10.3 Å². The van der Waals surface area contributed by atoms with Crippen molar-refractivity contribution in [2.45, 2.75) is 13.3 Å². The summed E-state index contributed by atoms with van der Waals surface area (Å²) in [5.41, 5.74) is 2.71. The van der Waals surface area contributed by atoms with E-state index >= 15 is 0 Å². The second-order valence-electron chi connectivity index (χ2n) is 3.49. The summed E-state index contributed by atoms with van der Waals surface area (Å²) < 4.78 is 5.36. The number of hydrogen-bond acceptors (Lipinski definition) is 3. The number of amides is 1. The number of fused-ring (bicyclic) bond motifs is 1. The molecule has 1 heterocycles. The summed E-state index contributed by atoms with van der Waals surface area (Å²) in [5.74, 6) is 0.654. The smallest absolute Gasteiger partial charge is 0.313 e. The van der Waals surface area contributed by atoms with Gasteiger partial charge in [-0.3, -0.25) is 4.79 Å². The Labute approximate surface area is 97.6 Å². The standard InChI is InChI=1S/C11H11ClN2O2/c1-7-14-9-6-8(2-3-10(9)16-7)4-5-13-11(12)15/h2-3,6H,4-5H2,1H3,(H,13,15). The Bertz CT molecular complexity index is 522. The van der Waals surface area contributed by atoms with E-state index < -0.39 is 5.37 Å². The lowest BCUT2D eigenvalue weighted by Crippen LogP contribution is -2.19. The molecular formula is C11H11ClN2O2. The lowest BCUT2D eigenvalue weighted by Gasteiger charge is -2.00. The summed E-state index contributed by atoms with van der Waals surface area (Å²) >= 11 is 5.17. The van der Waals surface area contributed by atoms with Crippen molar-refractivity contribution in [1.82, 2.24) is 10.3 Å². The van der Waals surface area contributed by atoms with Gasteiger partial charge >= 0.3 is 5.37 Å². The van der Waals surface area contributed by atoms with E-state index in [0.29, 0.717) is 12.4 Å². The van der Waals surface area contributed by atoms with Gasteiger partial charge in [-0.25, -0.2) is 4.98 Å². The maximum atomic E-state index is 10.5. The van der Waals surface area contributed by atoms with Crippen LogP contribution < -0.4 is 5.32 Å². The Balaban J connectivity index is 2.10. The van der Waals surface area contributed by atoms with Gasteiger partial charge in [0.15, 0.2) is 11.5 Å². The minimum atomic E-state index is -0.529. The van der Waals surface area contributed by atoms with Crippen molar-refractivity contribution in [3.8, 4) is 0 Å². The Morgan fingerprint density at radius 2 is 2.38 bits per heavy atom. The first-order chi connectivity index (χ1) is 7.65. The highest BCUT2D eigenvalue weighted by Crippen LogP contribution is 2.16. The predicted octanol–water partition coefficient (Wildman–Crippen LogP) is 2.63. The lowest BCUT2D eigenvalue weighted by atomic mass is 10.1. The van der Waals surface area contributed by atoms with Gasteiger partial charge < -0.3 is 9.73 Å². The SMILES string of the molecule is Cc1nc2cc(CCNC(=O)Cl)ccc2o1. The molecule has 0 aliphatic carbocycles. The molecule has 0 fully saturated rings. The number of benzene rings is 1. The fraction of sp³-hybridized carbons (Fsp3) is 0.273. The zero-order valence-electron chi connectivity index (χ0n) is 8.79. The molecule has 1 N–H and O–H groups in total. The summed E-state index contributed by atoms with van der Waals surface area (Å²) in [6, 6.07) is 5.78. The molecule has 84 valence electrons. The van der Waals surface area contributed by atoms with E-state index in [4.69, 9.17) is 16.0 Å². The second-order valence-corrected chi connectivity index (χ2v) is 3.83. The van der Waals surface area contributed by atoms with E-state index in [9.17, 15) is 4.79 Å². The van der Waals surface area contributed by atoms with E-state index in [1.165, 1.54) is 0 Å². The number of carbonyl (C=O) groups excluding carboxylic acids is 1. The Morgan fingerprint density at radius 3 is 3.12 bits per heavy atom. The van der Waals surface area contributed by atoms with E-state index in [1.807, 2.05) is 25.1 Å². The molecule has 0 atom stereocenters. The van der Waals surface area contributed by atoms with E-state index in [-0.39, 0.29) is 0 Å². The number of nitrogens with one attached hydrogen (secondary N) is 1. The maximum Gasteiger partial charge on any atom is 0.313 e. The van der Waals surface area contributed by atoms with Crippen LogP contribution in [0.5, 0.6) is 0 Å². The largest absolute Gasteiger partial charge is 0.441 e. The molecule has 16 heavy (non-hydrogen) atoms. The number of oxazole rings is 1. The fourth-order valence-electron chi connectivity index (χ4n) is 1.55. The number of aromatic nitrogens is 1. The van der Waals surface area contributed by atoms with Gasteiger partial charge in [0.2, 0.25) is 0 Å². The molecular weight excluding hydrogens is 228 g/mol. The van der Waals surface area contributed by atoms with Gasteiger partial charge in [0.05, 0.1) is 0 Å². The minimum absolute atomic E-state index is 0.519. The number of rotatable bonds is 3. The van der Waals surface area contributed by atoms with Crippen LogP contribution >= 0.6 is 11.6 Å². The highest BCUT2D eigenvalue weighted by atomic mass is 35.5. The molecule has 0 saturated carbocycles. The third kappa shape index (κ3) is 2.52. The summed E-state index contributed by atoms with van der Waals surface area (Å²) in [6.45, 7) is 2.33. The van der Waals surface area contributed by atoms with Crippen LogP contribution in [0.3, 0.4) is 0 Å². The van der Waals surface area contributed by atoms with Crippen LogP contribution in [0.4, 0.5) is 4.79 Å². The van der Waals surface area contributed by atoms with Gasteiger partial charge in [-0.1, -0.05) is 6.07 Å². The predicted molar refractivity (Wildman–Crippen MR) is 61.7 cm³/mol. The van der Waals surface area contributed by atoms with Gasteiger partial charge in [0.25, 0.3) is 0 Å². The lowest BCUT2D eigenvalue weighted by molar-refractivity contribution is 0.260. The van der Waals surface area contributed by atoms with Crippen LogP contribution in [-0.4, -0.2) is 16.9 Å². The quantitative estimate of drug-likeness (QED) is 0.661. The average molecular weight is 239 g/mol. The zero-order valence-corrected chi connectivity index (χ0v) is 9.54. The molecule has 0 aliphatic heterocycles. The van der Waals surface area contributed by atoms with Gasteiger partial charge in [0, 0.05) is 13.5 Å². The molecule has 0 radical (unpaired) electrons. The van der Waals surface area contributed by atoms with Crippen LogP contribution in [0.15, 0.2) is 22.6 Å². The molecule has 1 aromatic carbocycles. The summed E-state index contributed by atoms with van der Waals surface area (Å²) in [7, 11) is 0. The van der Waals surface area contributed by atoms with Crippen LogP contribution in [0.25, 0.3) is 11.1 Å². The average Bonchev–Trinajstić information content (AvgIpc) is 2.56. The number of hydrogen-bond donors (Lipinski definition) is 1. The number of halogens is 1. The van der Waals surface area contributed by atoms with Crippen molar-refractivity contribution >= 4 is 28.1 Å². The normalized spacial score (nSPS) is 10.6. The van der Waals surface area contributed by atoms with Gasteiger partial charge in [-0.05, 0) is 35.7 Å². The molecule has 1 aromatic heterocycles. The highest BCUT2D eigenvalue weighted by Gasteiger charge is 2.03.